The molecule has 168 valence electrons. The summed E-state index contributed by atoms with van der Waals surface area (Å²) < 4.78 is 69.5. The molecule has 1 heterocycles. The minimum Gasteiger partial charge on any atom is -0.378 e. The second-order valence-electron chi connectivity index (χ2n) is 6.61. The van der Waals surface area contributed by atoms with Crippen LogP contribution in [0, 0.1) is 5.82 Å². The molecule has 1 saturated heterocycles. The van der Waals surface area contributed by atoms with Gasteiger partial charge in [0.1, 0.15) is 11.9 Å². The fraction of sp³-hybridized carbons (Fsp3) is 0.529. The maximum absolute atomic E-state index is 13.1. The molecule has 0 spiro atoms. The van der Waals surface area contributed by atoms with Crippen LogP contribution in [0.3, 0.4) is 0 Å². The average molecular weight is 467 g/mol. The van der Waals surface area contributed by atoms with Crippen molar-refractivity contribution in [1.29, 1.82) is 0 Å². The number of carbonyl (C=O) groups excluding carboxylic acids is 2. The van der Waals surface area contributed by atoms with E-state index in [1.54, 1.807) is 0 Å². The minimum absolute atomic E-state index is 0.0500. The highest BCUT2D eigenvalue weighted by Gasteiger charge is 2.32. The van der Waals surface area contributed by atoms with Crippen LogP contribution in [0.25, 0.3) is 0 Å². The van der Waals surface area contributed by atoms with Gasteiger partial charge < -0.3 is 15.0 Å². The van der Waals surface area contributed by atoms with Gasteiger partial charge in [-0.25, -0.2) is 12.8 Å². The SMILES string of the molecule is CS(=O)(=O)OCCS(=O)(=O)C[C@@H](NC(=O)c1ccc(F)cc1)C(=O)N1CCOCC1. The fourth-order valence-corrected chi connectivity index (χ4v) is 4.40. The van der Waals surface area contributed by atoms with Gasteiger partial charge >= 0.3 is 0 Å². The number of nitrogens with one attached hydrogen (secondary N) is 1. The zero-order valence-electron chi connectivity index (χ0n) is 16.2. The number of halogens is 1. The molecule has 0 bridgehead atoms. The van der Waals surface area contributed by atoms with Crippen molar-refractivity contribution in [2.24, 2.45) is 0 Å². The van der Waals surface area contributed by atoms with Crippen molar-refractivity contribution in [2.75, 3.05) is 50.7 Å². The number of sulfone groups is 1. The van der Waals surface area contributed by atoms with Crippen LogP contribution in [0.15, 0.2) is 24.3 Å². The van der Waals surface area contributed by atoms with Gasteiger partial charge in [0.2, 0.25) is 5.91 Å². The van der Waals surface area contributed by atoms with Gasteiger partial charge in [0, 0.05) is 18.7 Å². The first-order chi connectivity index (χ1) is 14.0. The molecule has 0 saturated carbocycles. The predicted molar refractivity (Wildman–Crippen MR) is 105 cm³/mol. The molecule has 1 fully saturated rings. The van der Waals surface area contributed by atoms with Crippen molar-refractivity contribution < 1.29 is 39.7 Å². The summed E-state index contributed by atoms with van der Waals surface area (Å²) in [5.41, 5.74) is 0.0500. The molecule has 30 heavy (non-hydrogen) atoms. The predicted octanol–water partition coefficient (Wildman–Crippen LogP) is -0.826. The van der Waals surface area contributed by atoms with Crippen LogP contribution in [0.1, 0.15) is 10.4 Å². The molecule has 1 aromatic carbocycles. The second kappa shape index (κ2) is 10.3. The molecule has 10 nitrogen and oxygen atoms in total. The van der Waals surface area contributed by atoms with E-state index >= 15 is 0 Å². The van der Waals surface area contributed by atoms with E-state index < -0.39 is 61.7 Å². The van der Waals surface area contributed by atoms with Crippen LogP contribution >= 0.6 is 0 Å². The Morgan fingerprint density at radius 1 is 1.17 bits per heavy atom. The lowest BCUT2D eigenvalue weighted by molar-refractivity contribution is -0.136. The van der Waals surface area contributed by atoms with E-state index in [4.69, 9.17) is 4.74 Å². The summed E-state index contributed by atoms with van der Waals surface area (Å²) in [5.74, 6) is -3.31. The largest absolute Gasteiger partial charge is 0.378 e. The van der Waals surface area contributed by atoms with Crippen molar-refractivity contribution in [1.82, 2.24) is 10.2 Å². The number of hydrogen-bond donors (Lipinski definition) is 1. The molecule has 1 atom stereocenters. The average Bonchev–Trinajstić information content (AvgIpc) is 2.66. The van der Waals surface area contributed by atoms with Crippen LogP contribution < -0.4 is 5.32 Å². The lowest BCUT2D eigenvalue weighted by Crippen LogP contribution is -2.54. The van der Waals surface area contributed by atoms with Gasteiger partial charge in [-0.1, -0.05) is 0 Å². The van der Waals surface area contributed by atoms with E-state index in [-0.39, 0.29) is 31.9 Å². The Bertz CT molecular complexity index is 958. The monoisotopic (exact) mass is 466 g/mol. The number of rotatable bonds is 9. The van der Waals surface area contributed by atoms with E-state index in [9.17, 15) is 30.8 Å². The number of hydrogen-bond acceptors (Lipinski definition) is 8. The number of amides is 2. The Kier molecular flexibility index (Phi) is 8.29. The zero-order valence-corrected chi connectivity index (χ0v) is 17.9. The number of nitrogens with zero attached hydrogens (tertiary/aromatic N) is 1. The summed E-state index contributed by atoms with van der Waals surface area (Å²) in [4.78, 5) is 26.7. The Labute approximate surface area is 174 Å². The molecule has 1 aliphatic heterocycles. The lowest BCUT2D eigenvalue weighted by atomic mass is 10.2. The molecule has 1 aromatic rings. The van der Waals surface area contributed by atoms with E-state index in [1.165, 1.54) is 17.0 Å². The third kappa shape index (κ3) is 7.97. The van der Waals surface area contributed by atoms with Gasteiger partial charge in [0.25, 0.3) is 16.0 Å². The summed E-state index contributed by atoms with van der Waals surface area (Å²) in [6.07, 6.45) is 0.785. The van der Waals surface area contributed by atoms with Crippen LogP contribution in [0.2, 0.25) is 0 Å². The highest BCUT2D eigenvalue weighted by atomic mass is 32.2. The van der Waals surface area contributed by atoms with E-state index in [0.717, 1.165) is 18.4 Å². The quantitative estimate of drug-likeness (QED) is 0.466. The highest BCUT2D eigenvalue weighted by Crippen LogP contribution is 2.08. The summed E-state index contributed by atoms with van der Waals surface area (Å²) in [6, 6.07) is 3.12. The smallest absolute Gasteiger partial charge is 0.264 e. The van der Waals surface area contributed by atoms with Crippen LogP contribution in [-0.2, 0) is 33.7 Å². The standard InChI is InChI=1S/C17H23FN2O8S2/c1-29(23,24)28-10-11-30(25,26)12-15(17(22)20-6-8-27-9-7-20)19-16(21)13-2-4-14(18)5-3-13/h2-5,15H,6-12H2,1H3,(H,19,21)/t15-/m1/s1. The van der Waals surface area contributed by atoms with E-state index in [1.807, 2.05) is 0 Å². The Hall–Kier alpha value is -2.09. The summed E-state index contributed by atoms with van der Waals surface area (Å²) in [5, 5.41) is 2.38. The molecular weight excluding hydrogens is 443 g/mol. The van der Waals surface area contributed by atoms with Gasteiger partial charge in [-0.3, -0.25) is 13.8 Å². The molecular formula is C17H23FN2O8S2. The first kappa shape index (κ1) is 24.2. The van der Waals surface area contributed by atoms with Crippen molar-refractivity contribution in [3.63, 3.8) is 0 Å². The lowest BCUT2D eigenvalue weighted by Gasteiger charge is -2.30. The molecule has 1 aliphatic rings. The Morgan fingerprint density at radius 3 is 2.33 bits per heavy atom. The van der Waals surface area contributed by atoms with Crippen molar-refractivity contribution in [3.8, 4) is 0 Å². The van der Waals surface area contributed by atoms with Crippen LogP contribution in [-0.4, -0.2) is 90.3 Å². The van der Waals surface area contributed by atoms with E-state index in [2.05, 4.69) is 9.50 Å². The number of benzene rings is 1. The molecule has 1 N–H and O–H groups in total. The van der Waals surface area contributed by atoms with Crippen LogP contribution in [0.4, 0.5) is 4.39 Å². The highest BCUT2D eigenvalue weighted by molar-refractivity contribution is 7.91. The van der Waals surface area contributed by atoms with Gasteiger partial charge in [-0.05, 0) is 24.3 Å². The molecule has 13 heteroatoms. The summed E-state index contributed by atoms with van der Waals surface area (Å²) >= 11 is 0. The van der Waals surface area contributed by atoms with Crippen molar-refractivity contribution >= 4 is 31.8 Å². The topological polar surface area (TPSA) is 136 Å². The van der Waals surface area contributed by atoms with Crippen molar-refractivity contribution in [2.45, 2.75) is 6.04 Å². The zero-order chi connectivity index (χ0) is 22.4. The Morgan fingerprint density at radius 2 is 1.77 bits per heavy atom. The summed E-state index contributed by atoms with van der Waals surface area (Å²) in [7, 11) is -7.79. The fourth-order valence-electron chi connectivity index (χ4n) is 2.67. The third-order valence-electron chi connectivity index (χ3n) is 4.14. The van der Waals surface area contributed by atoms with Gasteiger partial charge in [0.15, 0.2) is 9.84 Å². The molecule has 2 amide bonds. The second-order valence-corrected chi connectivity index (χ2v) is 10.5. The normalized spacial score (nSPS) is 16.1. The van der Waals surface area contributed by atoms with Crippen molar-refractivity contribution in [3.05, 3.63) is 35.6 Å². The van der Waals surface area contributed by atoms with Gasteiger partial charge in [-0.2, -0.15) is 8.42 Å². The molecule has 2 rings (SSSR count). The van der Waals surface area contributed by atoms with Gasteiger partial charge in [0.05, 0.1) is 37.6 Å². The number of ether oxygens (including phenoxy) is 1. The minimum atomic E-state index is -3.96. The van der Waals surface area contributed by atoms with Crippen LogP contribution in [0.5, 0.6) is 0 Å². The molecule has 0 aromatic heterocycles. The molecule has 0 unspecified atom stereocenters. The maximum atomic E-state index is 13.1. The maximum Gasteiger partial charge on any atom is 0.264 e. The first-order valence-corrected chi connectivity index (χ1v) is 12.6. The molecule has 0 aliphatic carbocycles. The van der Waals surface area contributed by atoms with Gasteiger partial charge in [-0.15, -0.1) is 0 Å². The Balaban J connectivity index is 2.14. The third-order valence-corrected chi connectivity index (χ3v) is 6.37. The number of carbonyl (C=O) groups is 2. The first-order valence-electron chi connectivity index (χ1n) is 8.95. The van der Waals surface area contributed by atoms with E-state index in [0.29, 0.717) is 0 Å². The summed E-state index contributed by atoms with van der Waals surface area (Å²) in [6.45, 7) is 0.419. The molecule has 0 radical (unpaired) electrons. The number of morpholine rings is 1.